The maximum Gasteiger partial charge on any atom is 0.278 e. The molecule has 0 fully saturated rings. The predicted octanol–water partition coefficient (Wildman–Crippen LogP) is 5.36. The van der Waals surface area contributed by atoms with Gasteiger partial charge in [-0.2, -0.15) is 0 Å². The molecule has 0 bridgehead atoms. The number of hydrogen-bond donors (Lipinski definition) is 1. The van der Waals surface area contributed by atoms with Gasteiger partial charge in [0.05, 0.1) is 19.2 Å². The van der Waals surface area contributed by atoms with Crippen molar-refractivity contribution in [2.24, 2.45) is 0 Å². The predicted molar refractivity (Wildman–Crippen MR) is 126 cm³/mol. The highest BCUT2D eigenvalue weighted by atomic mass is 35.5. The number of carbonyl (C=O) groups excluding carboxylic acids is 2. The number of nitrogens with one attached hydrogen (secondary N) is 1. The molecular weight excluding hydrogens is 424 g/mol. The molecule has 0 spiro atoms. The fraction of sp³-hybridized carbons (Fsp3) is 0.154. The monoisotopic (exact) mass is 446 g/mol. The van der Waals surface area contributed by atoms with E-state index in [1.54, 1.807) is 43.5 Å². The number of aryl methyl sites for hydroxylation is 2. The highest BCUT2D eigenvalue weighted by Gasteiger charge is 2.39. The van der Waals surface area contributed by atoms with E-state index in [4.69, 9.17) is 16.3 Å². The number of carbonyl (C=O) groups is 2. The molecule has 0 aliphatic carbocycles. The number of rotatable bonds is 6. The molecule has 6 heteroatoms. The second kappa shape index (κ2) is 8.89. The molecule has 32 heavy (non-hydrogen) atoms. The van der Waals surface area contributed by atoms with Gasteiger partial charge in [-0.25, -0.2) is 0 Å². The molecule has 162 valence electrons. The molecule has 0 unspecified atom stereocenters. The van der Waals surface area contributed by atoms with Crippen LogP contribution in [-0.2, 0) is 16.1 Å². The molecular formula is C26H23ClN2O3. The molecule has 5 nitrogen and oxygen atoms in total. The van der Waals surface area contributed by atoms with Gasteiger partial charge in [-0.3, -0.25) is 14.5 Å². The highest BCUT2D eigenvalue weighted by molar-refractivity contribution is 6.36. The summed E-state index contributed by atoms with van der Waals surface area (Å²) in [5.41, 5.74) is 5.06. The van der Waals surface area contributed by atoms with E-state index in [9.17, 15) is 9.59 Å². The van der Waals surface area contributed by atoms with Crippen molar-refractivity contribution in [2.75, 3.05) is 12.4 Å². The second-order valence-electron chi connectivity index (χ2n) is 7.73. The van der Waals surface area contributed by atoms with E-state index in [0.29, 0.717) is 21.9 Å². The minimum atomic E-state index is -0.367. The second-order valence-corrected chi connectivity index (χ2v) is 8.16. The van der Waals surface area contributed by atoms with Gasteiger partial charge in [0.25, 0.3) is 11.8 Å². The van der Waals surface area contributed by atoms with Gasteiger partial charge < -0.3 is 10.1 Å². The summed E-state index contributed by atoms with van der Waals surface area (Å²) in [6, 6.07) is 20.1. The van der Waals surface area contributed by atoms with Crippen LogP contribution in [0.4, 0.5) is 5.69 Å². The summed E-state index contributed by atoms with van der Waals surface area (Å²) >= 11 is 5.97. The molecule has 4 rings (SSSR count). The van der Waals surface area contributed by atoms with E-state index >= 15 is 0 Å². The molecule has 1 heterocycles. The highest BCUT2D eigenvalue weighted by Crippen LogP contribution is 2.32. The van der Waals surface area contributed by atoms with Gasteiger partial charge in [-0.05, 0) is 72.5 Å². The zero-order valence-corrected chi connectivity index (χ0v) is 18.9. The molecule has 3 aromatic carbocycles. The summed E-state index contributed by atoms with van der Waals surface area (Å²) < 4.78 is 5.23. The topological polar surface area (TPSA) is 58.6 Å². The molecule has 0 saturated heterocycles. The lowest BCUT2D eigenvalue weighted by Crippen LogP contribution is -2.32. The smallest absolute Gasteiger partial charge is 0.278 e. The standard InChI is InChI=1S/C26H23ClN2O3/c1-16-4-11-21(14-17(16)2)28-24-23(19-7-12-22(32-3)13-8-19)25(30)29(26(24)31)15-18-5-9-20(27)10-6-18/h4-14,28H,15H2,1-3H3. The molecule has 0 atom stereocenters. The van der Waals surface area contributed by atoms with E-state index in [1.165, 1.54) is 4.90 Å². The van der Waals surface area contributed by atoms with E-state index in [-0.39, 0.29) is 24.1 Å². The van der Waals surface area contributed by atoms with Crippen LogP contribution in [0.15, 0.2) is 72.4 Å². The van der Waals surface area contributed by atoms with Crippen LogP contribution in [0.25, 0.3) is 5.57 Å². The Hall–Kier alpha value is -3.57. The zero-order chi connectivity index (χ0) is 22.8. The summed E-state index contributed by atoms with van der Waals surface area (Å²) in [6.07, 6.45) is 0. The normalized spacial score (nSPS) is 13.7. The Bertz CT molecular complexity index is 1210. The SMILES string of the molecule is COc1ccc(C2=C(Nc3ccc(C)c(C)c3)C(=O)N(Cc3ccc(Cl)cc3)C2=O)cc1. The average molecular weight is 447 g/mol. The van der Waals surface area contributed by atoms with Crippen molar-refractivity contribution in [1.29, 1.82) is 0 Å². The van der Waals surface area contributed by atoms with Crippen LogP contribution in [-0.4, -0.2) is 23.8 Å². The number of nitrogens with zero attached hydrogens (tertiary/aromatic N) is 1. The Morgan fingerprint density at radius 1 is 0.875 bits per heavy atom. The van der Waals surface area contributed by atoms with Crippen LogP contribution in [0, 0.1) is 13.8 Å². The van der Waals surface area contributed by atoms with Crippen molar-refractivity contribution in [1.82, 2.24) is 4.90 Å². The lowest BCUT2D eigenvalue weighted by molar-refractivity contribution is -0.137. The molecule has 1 N–H and O–H groups in total. The number of imide groups is 1. The lowest BCUT2D eigenvalue weighted by Gasteiger charge is -2.15. The Labute approximate surface area is 192 Å². The number of amides is 2. The average Bonchev–Trinajstić information content (AvgIpc) is 3.02. The largest absolute Gasteiger partial charge is 0.497 e. The van der Waals surface area contributed by atoms with Crippen LogP contribution >= 0.6 is 11.6 Å². The minimum absolute atomic E-state index is 0.159. The molecule has 1 aliphatic heterocycles. The fourth-order valence-electron chi connectivity index (χ4n) is 3.60. The first-order valence-corrected chi connectivity index (χ1v) is 10.6. The van der Waals surface area contributed by atoms with Crippen LogP contribution in [0.2, 0.25) is 5.02 Å². The van der Waals surface area contributed by atoms with E-state index < -0.39 is 0 Å². The van der Waals surface area contributed by atoms with Gasteiger partial charge in [-0.15, -0.1) is 0 Å². The van der Waals surface area contributed by atoms with Crippen LogP contribution < -0.4 is 10.1 Å². The molecule has 2 amide bonds. The van der Waals surface area contributed by atoms with Gasteiger partial charge >= 0.3 is 0 Å². The van der Waals surface area contributed by atoms with Crippen LogP contribution in [0.5, 0.6) is 5.75 Å². The van der Waals surface area contributed by atoms with Crippen molar-refractivity contribution >= 4 is 34.7 Å². The molecule has 0 saturated carbocycles. The van der Waals surface area contributed by atoms with E-state index in [1.807, 2.05) is 44.2 Å². The number of benzene rings is 3. The van der Waals surface area contributed by atoms with Crippen molar-refractivity contribution in [3.8, 4) is 5.75 Å². The third kappa shape index (κ3) is 4.25. The Morgan fingerprint density at radius 2 is 1.56 bits per heavy atom. The maximum atomic E-state index is 13.4. The third-order valence-corrected chi connectivity index (χ3v) is 5.83. The lowest BCUT2D eigenvalue weighted by atomic mass is 10.0. The van der Waals surface area contributed by atoms with Gasteiger partial charge in [0.15, 0.2) is 0 Å². The summed E-state index contributed by atoms with van der Waals surface area (Å²) in [6.45, 7) is 4.19. The Balaban J connectivity index is 1.73. The number of anilines is 1. The maximum absolute atomic E-state index is 13.4. The first kappa shape index (κ1) is 21.7. The van der Waals surface area contributed by atoms with Crippen molar-refractivity contribution in [3.05, 3.63) is 99.7 Å². The first-order valence-electron chi connectivity index (χ1n) is 10.2. The summed E-state index contributed by atoms with van der Waals surface area (Å²) in [7, 11) is 1.58. The summed E-state index contributed by atoms with van der Waals surface area (Å²) in [5.74, 6) is -0.0387. The first-order chi connectivity index (χ1) is 15.4. The van der Waals surface area contributed by atoms with Crippen molar-refractivity contribution in [3.63, 3.8) is 0 Å². The quantitative estimate of drug-likeness (QED) is 0.518. The molecule has 0 aromatic heterocycles. The van der Waals surface area contributed by atoms with Crippen LogP contribution in [0.3, 0.4) is 0 Å². The zero-order valence-electron chi connectivity index (χ0n) is 18.1. The number of ether oxygens (including phenoxy) is 1. The van der Waals surface area contributed by atoms with Crippen molar-refractivity contribution < 1.29 is 14.3 Å². The van der Waals surface area contributed by atoms with Crippen LogP contribution in [0.1, 0.15) is 22.3 Å². The number of methoxy groups -OCH3 is 1. The molecule has 3 aromatic rings. The van der Waals surface area contributed by atoms with Gasteiger partial charge in [0.2, 0.25) is 0 Å². The van der Waals surface area contributed by atoms with Gasteiger partial charge in [0, 0.05) is 10.7 Å². The van der Waals surface area contributed by atoms with Gasteiger partial charge in [0.1, 0.15) is 11.4 Å². The minimum Gasteiger partial charge on any atom is -0.497 e. The molecule has 0 radical (unpaired) electrons. The molecule has 1 aliphatic rings. The fourth-order valence-corrected chi connectivity index (χ4v) is 3.72. The Kier molecular flexibility index (Phi) is 6.01. The van der Waals surface area contributed by atoms with Gasteiger partial charge in [-0.1, -0.05) is 41.9 Å². The summed E-state index contributed by atoms with van der Waals surface area (Å²) in [5, 5.41) is 3.81. The summed E-state index contributed by atoms with van der Waals surface area (Å²) in [4.78, 5) is 28.1. The van der Waals surface area contributed by atoms with E-state index in [0.717, 1.165) is 22.4 Å². The third-order valence-electron chi connectivity index (χ3n) is 5.58. The Morgan fingerprint density at radius 3 is 2.19 bits per heavy atom. The number of halogens is 1. The van der Waals surface area contributed by atoms with E-state index in [2.05, 4.69) is 5.32 Å². The number of hydrogen-bond acceptors (Lipinski definition) is 4. The van der Waals surface area contributed by atoms with Crippen molar-refractivity contribution in [2.45, 2.75) is 20.4 Å².